The molecule has 3 heterocycles. The van der Waals surface area contributed by atoms with E-state index in [2.05, 4.69) is 4.90 Å². The van der Waals surface area contributed by atoms with Crippen molar-refractivity contribution in [1.82, 2.24) is 9.97 Å². The van der Waals surface area contributed by atoms with E-state index in [1.54, 1.807) is 0 Å². The number of fused-ring (bicyclic) bond motifs is 1. The Morgan fingerprint density at radius 2 is 1.76 bits per heavy atom. The molecule has 1 aromatic heterocycles. The summed E-state index contributed by atoms with van der Waals surface area (Å²) >= 11 is 0. The Kier molecular flexibility index (Phi) is 3.35. The van der Waals surface area contributed by atoms with Crippen LogP contribution >= 0.6 is 0 Å². The van der Waals surface area contributed by atoms with E-state index in [1.807, 2.05) is 24.3 Å². The lowest BCUT2D eigenvalue weighted by Gasteiger charge is -2.33. The van der Waals surface area contributed by atoms with E-state index in [1.165, 1.54) is 0 Å². The van der Waals surface area contributed by atoms with Crippen LogP contribution in [0.25, 0.3) is 11.4 Å². The fraction of sp³-hybridized carbons (Fsp3) is 0.474. The fourth-order valence-electron chi connectivity index (χ4n) is 3.65. The van der Waals surface area contributed by atoms with Crippen molar-refractivity contribution < 1.29 is 9.47 Å². The highest BCUT2D eigenvalue weighted by Crippen LogP contribution is 2.49. The minimum absolute atomic E-state index is 0.0437. The summed E-state index contributed by atoms with van der Waals surface area (Å²) in [5.74, 6) is 2.49. The lowest BCUT2D eigenvalue weighted by Crippen LogP contribution is -2.38. The highest BCUT2D eigenvalue weighted by Gasteiger charge is 2.48. The molecular formula is C19H22N4O2. The van der Waals surface area contributed by atoms with Crippen molar-refractivity contribution in [2.24, 2.45) is 0 Å². The number of hydrogen-bond donors (Lipinski definition) is 1. The average molecular weight is 338 g/mol. The van der Waals surface area contributed by atoms with Crippen LogP contribution < -0.4 is 15.4 Å². The van der Waals surface area contributed by atoms with Crippen molar-refractivity contribution in [1.29, 1.82) is 0 Å². The van der Waals surface area contributed by atoms with Crippen LogP contribution in [-0.2, 0) is 11.2 Å². The van der Waals surface area contributed by atoms with Gasteiger partial charge in [-0.05, 0) is 49.9 Å². The van der Waals surface area contributed by atoms with Crippen LogP contribution in [0.15, 0.2) is 24.3 Å². The third-order valence-electron chi connectivity index (χ3n) is 5.38. The molecule has 2 aromatic rings. The molecule has 3 aliphatic rings. The van der Waals surface area contributed by atoms with E-state index >= 15 is 0 Å². The van der Waals surface area contributed by atoms with Crippen molar-refractivity contribution in [2.45, 2.75) is 31.3 Å². The summed E-state index contributed by atoms with van der Waals surface area (Å²) in [5.41, 5.74) is 8.72. The molecule has 1 aliphatic carbocycles. The summed E-state index contributed by atoms with van der Waals surface area (Å²) in [6, 6.07) is 7.71. The Morgan fingerprint density at radius 3 is 2.48 bits per heavy atom. The van der Waals surface area contributed by atoms with Gasteiger partial charge < -0.3 is 20.1 Å². The van der Waals surface area contributed by atoms with Crippen LogP contribution in [0.4, 0.5) is 11.5 Å². The molecule has 1 saturated carbocycles. The van der Waals surface area contributed by atoms with Gasteiger partial charge in [0.05, 0.1) is 18.8 Å². The van der Waals surface area contributed by atoms with E-state index in [0.717, 1.165) is 80.5 Å². The van der Waals surface area contributed by atoms with Crippen LogP contribution in [0, 0.1) is 0 Å². The number of anilines is 2. The molecule has 130 valence electrons. The molecule has 1 aromatic carbocycles. The molecule has 0 unspecified atom stereocenters. The van der Waals surface area contributed by atoms with Crippen LogP contribution in [-0.4, -0.2) is 41.9 Å². The van der Waals surface area contributed by atoms with E-state index in [0.29, 0.717) is 5.82 Å². The topological polar surface area (TPSA) is 73.5 Å². The second-order valence-corrected chi connectivity index (χ2v) is 7.16. The maximum atomic E-state index is 6.31. The lowest BCUT2D eigenvalue weighted by atomic mass is 10.0. The molecule has 2 N–H and O–H groups in total. The molecular weight excluding hydrogens is 316 g/mol. The van der Waals surface area contributed by atoms with Gasteiger partial charge in [0.1, 0.15) is 11.4 Å². The first kappa shape index (κ1) is 15.0. The summed E-state index contributed by atoms with van der Waals surface area (Å²) in [6.07, 6.45) is 4.34. The van der Waals surface area contributed by atoms with Gasteiger partial charge >= 0.3 is 0 Å². The first-order valence-electron chi connectivity index (χ1n) is 9.01. The van der Waals surface area contributed by atoms with Crippen LogP contribution in [0.5, 0.6) is 5.88 Å². The van der Waals surface area contributed by atoms with E-state index < -0.39 is 0 Å². The standard InChI is InChI=1S/C19H22N4O2/c20-14-3-1-13(2-4-14)16-21-17(23-9-11-24-12-10-23)15-5-6-19(7-8-19)25-18(15)22-16/h1-4H,5-12,20H2. The molecule has 1 spiro atoms. The molecule has 6 heteroatoms. The normalized spacial score (nSPS) is 20.9. The Morgan fingerprint density at radius 1 is 1.00 bits per heavy atom. The SMILES string of the molecule is Nc1ccc(-c2nc3c(c(N4CCOCC4)n2)CCC2(CC2)O3)cc1. The smallest absolute Gasteiger partial charge is 0.222 e. The molecule has 2 fully saturated rings. The van der Waals surface area contributed by atoms with E-state index in [4.69, 9.17) is 25.2 Å². The number of hydrogen-bond acceptors (Lipinski definition) is 6. The number of nitrogens with zero attached hydrogens (tertiary/aromatic N) is 3. The first-order chi connectivity index (χ1) is 12.2. The molecule has 5 rings (SSSR count). The van der Waals surface area contributed by atoms with Crippen molar-refractivity contribution >= 4 is 11.5 Å². The number of aromatic nitrogens is 2. The third-order valence-corrected chi connectivity index (χ3v) is 5.38. The molecule has 2 aliphatic heterocycles. The number of rotatable bonds is 2. The number of nitrogen functional groups attached to an aromatic ring is 1. The highest BCUT2D eigenvalue weighted by atomic mass is 16.5. The summed E-state index contributed by atoms with van der Waals surface area (Å²) in [4.78, 5) is 12.0. The van der Waals surface area contributed by atoms with Gasteiger partial charge in [0, 0.05) is 24.3 Å². The van der Waals surface area contributed by atoms with Crippen molar-refractivity contribution in [3.8, 4) is 17.3 Å². The predicted octanol–water partition coefficient (Wildman–Crippen LogP) is 2.42. The second-order valence-electron chi connectivity index (χ2n) is 7.16. The zero-order valence-corrected chi connectivity index (χ0v) is 14.2. The summed E-state index contributed by atoms with van der Waals surface area (Å²) in [7, 11) is 0. The zero-order chi connectivity index (χ0) is 16.9. The Balaban J connectivity index is 1.60. The van der Waals surface area contributed by atoms with Gasteiger partial charge in [-0.25, -0.2) is 4.98 Å². The molecule has 1 saturated heterocycles. The molecule has 25 heavy (non-hydrogen) atoms. The second kappa shape index (κ2) is 5.59. The maximum Gasteiger partial charge on any atom is 0.222 e. The first-order valence-corrected chi connectivity index (χ1v) is 9.01. The van der Waals surface area contributed by atoms with Crippen LogP contribution in [0.3, 0.4) is 0 Å². The van der Waals surface area contributed by atoms with Crippen molar-refractivity contribution in [3.63, 3.8) is 0 Å². The number of benzene rings is 1. The molecule has 0 atom stereocenters. The van der Waals surface area contributed by atoms with Crippen molar-refractivity contribution in [2.75, 3.05) is 36.9 Å². The summed E-state index contributed by atoms with van der Waals surface area (Å²) < 4.78 is 11.8. The molecule has 6 nitrogen and oxygen atoms in total. The fourth-order valence-corrected chi connectivity index (χ4v) is 3.65. The largest absolute Gasteiger partial charge is 0.471 e. The predicted molar refractivity (Wildman–Crippen MR) is 95.8 cm³/mol. The average Bonchev–Trinajstić information content (AvgIpc) is 3.40. The zero-order valence-electron chi connectivity index (χ0n) is 14.2. The third kappa shape index (κ3) is 2.70. The van der Waals surface area contributed by atoms with E-state index in [9.17, 15) is 0 Å². The number of morpholine rings is 1. The van der Waals surface area contributed by atoms with E-state index in [-0.39, 0.29) is 5.60 Å². The monoisotopic (exact) mass is 338 g/mol. The summed E-state index contributed by atoms with van der Waals surface area (Å²) in [5, 5.41) is 0. The van der Waals surface area contributed by atoms with Crippen LogP contribution in [0.2, 0.25) is 0 Å². The maximum absolute atomic E-state index is 6.31. The molecule has 0 amide bonds. The Bertz CT molecular complexity index is 796. The molecule has 0 bridgehead atoms. The van der Waals surface area contributed by atoms with Gasteiger partial charge in [-0.15, -0.1) is 0 Å². The highest BCUT2D eigenvalue weighted by molar-refractivity contribution is 5.64. The lowest BCUT2D eigenvalue weighted by molar-refractivity contribution is 0.121. The Labute approximate surface area is 147 Å². The van der Waals surface area contributed by atoms with Crippen molar-refractivity contribution in [3.05, 3.63) is 29.8 Å². The summed E-state index contributed by atoms with van der Waals surface area (Å²) in [6.45, 7) is 3.19. The van der Waals surface area contributed by atoms with Gasteiger partial charge in [-0.3, -0.25) is 0 Å². The van der Waals surface area contributed by atoms with Crippen LogP contribution in [0.1, 0.15) is 24.8 Å². The minimum atomic E-state index is 0.0437. The Hall–Kier alpha value is -2.34. The number of ether oxygens (including phenoxy) is 2. The van der Waals surface area contributed by atoms with Gasteiger partial charge in [0.25, 0.3) is 0 Å². The van der Waals surface area contributed by atoms with Gasteiger partial charge in [-0.2, -0.15) is 4.98 Å². The quantitative estimate of drug-likeness (QED) is 0.848. The minimum Gasteiger partial charge on any atom is -0.471 e. The van der Waals surface area contributed by atoms with Gasteiger partial charge in [0.15, 0.2) is 5.82 Å². The number of nitrogens with two attached hydrogens (primary N) is 1. The van der Waals surface area contributed by atoms with Gasteiger partial charge in [-0.1, -0.05) is 0 Å². The van der Waals surface area contributed by atoms with Gasteiger partial charge in [0.2, 0.25) is 5.88 Å². The molecule has 0 radical (unpaired) electrons.